The molecule has 0 amide bonds. The van der Waals surface area contributed by atoms with Crippen LogP contribution in [0, 0.1) is 19.1 Å². The Hall–Kier alpha value is -1.58. The van der Waals surface area contributed by atoms with Crippen molar-refractivity contribution in [3.8, 4) is 0 Å². The number of nitrogens with zero attached hydrogens (tertiary/aromatic N) is 2. The predicted molar refractivity (Wildman–Crippen MR) is 42.4 cm³/mol. The lowest BCUT2D eigenvalue weighted by Crippen LogP contribution is -2.30. The fourth-order valence-electron chi connectivity index (χ4n) is 1.18. The van der Waals surface area contributed by atoms with Gasteiger partial charge in [0.15, 0.2) is 11.4 Å². The van der Waals surface area contributed by atoms with Crippen molar-refractivity contribution in [2.24, 2.45) is 0 Å². The summed E-state index contributed by atoms with van der Waals surface area (Å²) in [5.74, 6) is 0. The van der Waals surface area contributed by atoms with Crippen molar-refractivity contribution in [1.82, 2.24) is 5.16 Å². The van der Waals surface area contributed by atoms with E-state index in [9.17, 15) is 5.21 Å². The molecule has 0 atom stereocenters. The lowest BCUT2D eigenvalue weighted by molar-refractivity contribution is -0.584. The van der Waals surface area contributed by atoms with Crippen LogP contribution in [0.4, 0.5) is 0 Å². The smallest absolute Gasteiger partial charge is 0.287 e. The number of hydrogen-bond donors (Lipinski definition) is 0. The van der Waals surface area contributed by atoms with Crippen LogP contribution in [0.5, 0.6) is 0 Å². The Balaban J connectivity index is 2.96. The molecule has 0 saturated carbocycles. The molecule has 2 rings (SSSR count). The lowest BCUT2D eigenvalue weighted by Gasteiger charge is -1.99. The van der Waals surface area contributed by atoms with Gasteiger partial charge in [0, 0.05) is 13.0 Å². The minimum Gasteiger partial charge on any atom is -0.618 e. The number of rotatable bonds is 0. The number of aromatic nitrogens is 2. The summed E-state index contributed by atoms with van der Waals surface area (Å²) < 4.78 is 5.75. The molecule has 0 aromatic carbocycles. The molecule has 0 N–H and O–H groups in total. The van der Waals surface area contributed by atoms with Gasteiger partial charge < -0.3 is 9.73 Å². The van der Waals surface area contributed by atoms with Gasteiger partial charge in [-0.1, -0.05) is 5.16 Å². The van der Waals surface area contributed by atoms with E-state index in [0.717, 1.165) is 4.73 Å². The van der Waals surface area contributed by atoms with Crippen molar-refractivity contribution >= 4 is 11.1 Å². The van der Waals surface area contributed by atoms with E-state index in [0.29, 0.717) is 22.5 Å². The molecule has 0 radical (unpaired) electrons. The van der Waals surface area contributed by atoms with Crippen LogP contribution in [0.3, 0.4) is 0 Å². The number of hydrogen-bond acceptors (Lipinski definition) is 3. The van der Waals surface area contributed by atoms with Crippen molar-refractivity contribution < 1.29 is 9.25 Å². The van der Waals surface area contributed by atoms with Gasteiger partial charge in [0.1, 0.15) is 0 Å². The molecule has 0 spiro atoms. The first kappa shape index (κ1) is 7.09. The maximum atomic E-state index is 11.4. The van der Waals surface area contributed by atoms with Crippen molar-refractivity contribution in [2.45, 2.75) is 13.8 Å². The Morgan fingerprint density at radius 2 is 2.17 bits per heavy atom. The highest BCUT2D eigenvalue weighted by Crippen LogP contribution is 2.13. The van der Waals surface area contributed by atoms with E-state index in [1.807, 2.05) is 0 Å². The van der Waals surface area contributed by atoms with Crippen molar-refractivity contribution in [2.75, 3.05) is 0 Å². The maximum absolute atomic E-state index is 11.4. The van der Waals surface area contributed by atoms with Crippen LogP contribution in [-0.4, -0.2) is 5.16 Å². The molecule has 4 heteroatoms. The topological polar surface area (TPSA) is 53.0 Å². The van der Waals surface area contributed by atoms with Gasteiger partial charge >= 0.3 is 0 Å². The SMILES string of the molecule is Cc1noc2ccc(C)[n+]([O-])c12. The van der Waals surface area contributed by atoms with Crippen LogP contribution in [0.25, 0.3) is 11.1 Å². The van der Waals surface area contributed by atoms with E-state index in [-0.39, 0.29) is 0 Å². The fourth-order valence-corrected chi connectivity index (χ4v) is 1.18. The number of fused-ring (bicyclic) bond motifs is 1. The Morgan fingerprint density at radius 3 is 2.92 bits per heavy atom. The van der Waals surface area contributed by atoms with E-state index in [4.69, 9.17) is 4.52 Å². The average Bonchev–Trinajstić information content (AvgIpc) is 2.41. The third-order valence-corrected chi connectivity index (χ3v) is 1.86. The van der Waals surface area contributed by atoms with Gasteiger partial charge in [0.25, 0.3) is 5.52 Å². The van der Waals surface area contributed by atoms with Crippen LogP contribution in [-0.2, 0) is 0 Å². The third kappa shape index (κ3) is 0.777. The van der Waals surface area contributed by atoms with Crippen LogP contribution < -0.4 is 4.73 Å². The lowest BCUT2D eigenvalue weighted by atomic mass is 10.3. The van der Waals surface area contributed by atoms with Crippen LogP contribution in [0.2, 0.25) is 0 Å². The summed E-state index contributed by atoms with van der Waals surface area (Å²) in [5, 5.41) is 15.1. The monoisotopic (exact) mass is 164 g/mol. The van der Waals surface area contributed by atoms with Crippen LogP contribution in [0.15, 0.2) is 16.7 Å². The molecule has 0 aliphatic carbocycles. The highest BCUT2D eigenvalue weighted by atomic mass is 16.5. The molecule has 2 heterocycles. The molecule has 12 heavy (non-hydrogen) atoms. The molecular formula is C8H8N2O2. The standard InChI is InChI=1S/C8H8N2O2/c1-5-3-4-7-8(10(5)11)6(2)9-12-7/h3-4H,1-2H3. The molecule has 0 aliphatic heterocycles. The summed E-state index contributed by atoms with van der Waals surface area (Å²) in [6.07, 6.45) is 0. The molecule has 0 bridgehead atoms. The minimum atomic E-state index is 0.523. The van der Waals surface area contributed by atoms with Gasteiger partial charge in [-0.05, 0) is 13.0 Å². The zero-order chi connectivity index (χ0) is 8.72. The summed E-state index contributed by atoms with van der Waals surface area (Å²) in [7, 11) is 0. The van der Waals surface area contributed by atoms with Gasteiger partial charge in [-0.2, -0.15) is 4.73 Å². The van der Waals surface area contributed by atoms with E-state index in [1.165, 1.54) is 0 Å². The van der Waals surface area contributed by atoms with Gasteiger partial charge in [0.2, 0.25) is 5.58 Å². The number of aryl methyl sites for hydroxylation is 2. The molecular weight excluding hydrogens is 156 g/mol. The highest BCUT2D eigenvalue weighted by molar-refractivity contribution is 5.70. The second-order valence-electron chi connectivity index (χ2n) is 2.75. The normalized spacial score (nSPS) is 10.8. The molecule has 62 valence electrons. The highest BCUT2D eigenvalue weighted by Gasteiger charge is 2.14. The van der Waals surface area contributed by atoms with Crippen molar-refractivity contribution in [1.29, 1.82) is 0 Å². The average molecular weight is 164 g/mol. The van der Waals surface area contributed by atoms with Gasteiger partial charge in [-0.15, -0.1) is 0 Å². The fraction of sp³-hybridized carbons (Fsp3) is 0.250. The summed E-state index contributed by atoms with van der Waals surface area (Å²) in [6.45, 7) is 3.50. The van der Waals surface area contributed by atoms with E-state index < -0.39 is 0 Å². The first-order valence-electron chi connectivity index (χ1n) is 3.65. The van der Waals surface area contributed by atoms with E-state index >= 15 is 0 Å². The predicted octanol–water partition coefficient (Wildman–Crippen LogP) is 1.08. The number of pyridine rings is 1. The summed E-state index contributed by atoms with van der Waals surface area (Å²) in [4.78, 5) is 0. The second-order valence-corrected chi connectivity index (χ2v) is 2.75. The molecule has 0 saturated heterocycles. The third-order valence-electron chi connectivity index (χ3n) is 1.86. The van der Waals surface area contributed by atoms with E-state index in [2.05, 4.69) is 5.16 Å². The molecule has 0 unspecified atom stereocenters. The second kappa shape index (κ2) is 2.20. The minimum absolute atomic E-state index is 0.523. The Labute approximate surface area is 69.0 Å². The quantitative estimate of drug-likeness (QED) is 0.432. The molecule has 0 aliphatic rings. The zero-order valence-corrected chi connectivity index (χ0v) is 6.87. The molecule has 0 fully saturated rings. The Bertz CT molecular complexity index is 434. The molecule has 4 nitrogen and oxygen atoms in total. The van der Waals surface area contributed by atoms with Gasteiger partial charge in [0.05, 0.1) is 0 Å². The first-order chi connectivity index (χ1) is 5.70. The largest absolute Gasteiger partial charge is 0.618 e. The molecule has 2 aromatic heterocycles. The first-order valence-corrected chi connectivity index (χ1v) is 3.65. The van der Waals surface area contributed by atoms with Gasteiger partial charge in [-0.3, -0.25) is 0 Å². The summed E-state index contributed by atoms with van der Waals surface area (Å²) >= 11 is 0. The zero-order valence-electron chi connectivity index (χ0n) is 6.87. The van der Waals surface area contributed by atoms with Gasteiger partial charge in [-0.25, -0.2) is 0 Å². The van der Waals surface area contributed by atoms with Crippen LogP contribution >= 0.6 is 0 Å². The van der Waals surface area contributed by atoms with E-state index in [1.54, 1.807) is 26.0 Å². The van der Waals surface area contributed by atoms with Crippen molar-refractivity contribution in [3.05, 3.63) is 28.7 Å². The Morgan fingerprint density at radius 1 is 1.42 bits per heavy atom. The Kier molecular flexibility index (Phi) is 1.30. The molecule has 2 aromatic rings. The summed E-state index contributed by atoms with van der Waals surface area (Å²) in [5.41, 5.74) is 2.33. The maximum Gasteiger partial charge on any atom is 0.287 e. The van der Waals surface area contributed by atoms with Crippen LogP contribution in [0.1, 0.15) is 11.4 Å². The van der Waals surface area contributed by atoms with Crippen molar-refractivity contribution in [3.63, 3.8) is 0 Å². The summed E-state index contributed by atoms with van der Waals surface area (Å²) in [6, 6.07) is 3.46.